The van der Waals surface area contributed by atoms with Crippen LogP contribution in [-0.4, -0.2) is 64.5 Å². The average molecular weight is 550 g/mol. The zero-order chi connectivity index (χ0) is 28.4. The van der Waals surface area contributed by atoms with E-state index >= 15 is 0 Å². The first-order valence-corrected chi connectivity index (χ1v) is 14.1. The van der Waals surface area contributed by atoms with Crippen LogP contribution in [0, 0.1) is 0 Å². The third kappa shape index (κ3) is 6.64. The van der Waals surface area contributed by atoms with Gasteiger partial charge in [0.1, 0.15) is 24.0 Å². The van der Waals surface area contributed by atoms with E-state index in [9.17, 15) is 14.4 Å². The Labute approximate surface area is 235 Å². The molecule has 3 aliphatic heterocycles. The molecule has 214 valence electrons. The number of carbonyl (C=O) groups excluding carboxylic acids is 3. The van der Waals surface area contributed by atoms with Crippen molar-refractivity contribution in [2.24, 2.45) is 5.73 Å². The summed E-state index contributed by atoms with van der Waals surface area (Å²) < 4.78 is 17.7. The van der Waals surface area contributed by atoms with Gasteiger partial charge in [-0.1, -0.05) is 30.3 Å². The number of carbonyl (C=O) groups is 3. The molecular formula is C31H39N3O6. The number of hydrogen-bond acceptors (Lipinski definition) is 7. The molecule has 40 heavy (non-hydrogen) atoms. The van der Waals surface area contributed by atoms with Crippen LogP contribution in [0.2, 0.25) is 0 Å². The molecule has 0 radical (unpaired) electrons. The Morgan fingerprint density at radius 3 is 2.38 bits per heavy atom. The van der Waals surface area contributed by atoms with E-state index in [4.69, 9.17) is 19.9 Å². The van der Waals surface area contributed by atoms with Crippen molar-refractivity contribution in [2.45, 2.75) is 90.0 Å². The van der Waals surface area contributed by atoms with Crippen molar-refractivity contribution in [3.63, 3.8) is 0 Å². The van der Waals surface area contributed by atoms with Gasteiger partial charge in [0.15, 0.2) is 0 Å². The molecule has 2 N–H and O–H groups in total. The van der Waals surface area contributed by atoms with Crippen molar-refractivity contribution in [3.8, 4) is 5.75 Å². The molecule has 3 atom stereocenters. The first kappa shape index (κ1) is 28.1. The first-order valence-electron chi connectivity index (χ1n) is 14.1. The lowest BCUT2D eigenvalue weighted by molar-refractivity contribution is -0.160. The molecule has 0 saturated carbocycles. The second-order valence-electron chi connectivity index (χ2n) is 12.0. The minimum absolute atomic E-state index is 0.0317. The van der Waals surface area contributed by atoms with Crippen molar-refractivity contribution in [2.75, 3.05) is 13.1 Å². The fourth-order valence-corrected chi connectivity index (χ4v) is 5.75. The van der Waals surface area contributed by atoms with Crippen LogP contribution in [0.5, 0.6) is 5.75 Å². The van der Waals surface area contributed by atoms with Gasteiger partial charge in [0, 0.05) is 37.2 Å². The summed E-state index contributed by atoms with van der Waals surface area (Å²) in [7, 11) is 0. The molecule has 5 rings (SSSR count). The summed E-state index contributed by atoms with van der Waals surface area (Å²) in [6.07, 6.45) is 3.15. The van der Waals surface area contributed by atoms with Crippen molar-refractivity contribution < 1.29 is 28.6 Å². The molecule has 2 amide bonds. The van der Waals surface area contributed by atoms with E-state index in [2.05, 4.69) is 29.2 Å². The van der Waals surface area contributed by atoms with Crippen LogP contribution in [-0.2, 0) is 38.8 Å². The molecule has 0 aromatic heterocycles. The summed E-state index contributed by atoms with van der Waals surface area (Å²) in [5.41, 5.74) is 8.11. The first-order chi connectivity index (χ1) is 19.1. The molecule has 0 aliphatic carbocycles. The lowest BCUT2D eigenvalue weighted by Crippen LogP contribution is -2.45. The quantitative estimate of drug-likeness (QED) is 0.451. The number of ether oxygens (including phenoxy) is 3. The zero-order valence-corrected chi connectivity index (χ0v) is 23.6. The van der Waals surface area contributed by atoms with Crippen LogP contribution >= 0.6 is 0 Å². The second kappa shape index (κ2) is 11.6. The predicted molar refractivity (Wildman–Crippen MR) is 148 cm³/mol. The van der Waals surface area contributed by atoms with Crippen molar-refractivity contribution in [3.05, 3.63) is 64.7 Å². The van der Waals surface area contributed by atoms with Gasteiger partial charge in [-0.15, -0.1) is 0 Å². The number of fused-ring (bicyclic) bond motifs is 3. The highest BCUT2D eigenvalue weighted by molar-refractivity contribution is 6.01. The Hall–Kier alpha value is -3.43. The van der Waals surface area contributed by atoms with E-state index in [-0.39, 0.29) is 25.3 Å². The number of benzene rings is 2. The smallest absolute Gasteiger partial charge is 0.329 e. The Morgan fingerprint density at radius 2 is 1.73 bits per heavy atom. The minimum Gasteiger partial charge on any atom is -0.489 e. The van der Waals surface area contributed by atoms with Gasteiger partial charge in [-0.25, -0.2) is 4.79 Å². The molecule has 9 nitrogen and oxygen atoms in total. The third-order valence-electron chi connectivity index (χ3n) is 7.61. The van der Waals surface area contributed by atoms with Crippen LogP contribution < -0.4 is 10.5 Å². The van der Waals surface area contributed by atoms with Gasteiger partial charge in [-0.2, -0.15) is 0 Å². The average Bonchev–Trinajstić information content (AvgIpc) is 3.41. The summed E-state index contributed by atoms with van der Waals surface area (Å²) in [5.74, 6) is -0.784. The van der Waals surface area contributed by atoms with E-state index in [0.717, 1.165) is 30.8 Å². The van der Waals surface area contributed by atoms with E-state index < -0.39 is 23.5 Å². The van der Waals surface area contributed by atoms with Gasteiger partial charge >= 0.3 is 5.97 Å². The maximum absolute atomic E-state index is 13.4. The van der Waals surface area contributed by atoms with E-state index in [1.807, 2.05) is 6.07 Å². The number of hydrogen-bond donors (Lipinski definition) is 1. The maximum atomic E-state index is 13.4. The fourth-order valence-electron chi connectivity index (χ4n) is 5.75. The number of morpholine rings is 1. The van der Waals surface area contributed by atoms with E-state index in [1.165, 1.54) is 23.3 Å². The van der Waals surface area contributed by atoms with Crippen LogP contribution in [0.4, 0.5) is 0 Å². The highest BCUT2D eigenvalue weighted by Crippen LogP contribution is 2.34. The van der Waals surface area contributed by atoms with Crippen molar-refractivity contribution in [1.29, 1.82) is 0 Å². The molecule has 0 spiro atoms. The monoisotopic (exact) mass is 549 g/mol. The molecule has 2 bridgehead atoms. The lowest BCUT2D eigenvalue weighted by atomic mass is 10.1. The van der Waals surface area contributed by atoms with E-state index in [0.29, 0.717) is 30.1 Å². The molecular weight excluding hydrogens is 510 g/mol. The van der Waals surface area contributed by atoms with Crippen LogP contribution in [0.15, 0.2) is 42.5 Å². The minimum atomic E-state index is -0.923. The number of rotatable bonds is 10. The number of esters is 1. The highest BCUT2D eigenvalue weighted by Gasteiger charge is 2.40. The van der Waals surface area contributed by atoms with Gasteiger partial charge < -0.3 is 24.8 Å². The summed E-state index contributed by atoms with van der Waals surface area (Å²) in [6.45, 7) is 8.73. The summed E-state index contributed by atoms with van der Waals surface area (Å²) in [6, 6.07) is 12.9. The Bertz CT molecular complexity index is 1240. The summed E-state index contributed by atoms with van der Waals surface area (Å²) in [5, 5.41) is 0. The fraction of sp³-hybridized carbons (Fsp3) is 0.516. The SMILES string of the molecule is CC(C)(C)OC(=O)C(CCC(N)=O)N1Cc2c(OCc3ccc(CN4CC5CCC(C4)O5)cc3)cccc2C1=O. The molecule has 3 heterocycles. The van der Waals surface area contributed by atoms with Gasteiger partial charge in [-0.3, -0.25) is 14.5 Å². The van der Waals surface area contributed by atoms with Gasteiger partial charge in [0.25, 0.3) is 5.91 Å². The molecule has 3 unspecified atom stereocenters. The number of primary amides is 1. The predicted octanol–water partition coefficient (Wildman–Crippen LogP) is 3.56. The van der Waals surface area contributed by atoms with Gasteiger partial charge in [-0.05, 0) is 63.3 Å². The maximum Gasteiger partial charge on any atom is 0.329 e. The highest BCUT2D eigenvalue weighted by atomic mass is 16.6. The standard InChI is InChI=1S/C31H39N3O6/c1-31(2,3)40-30(37)26(13-14-28(32)35)34-18-25-24(29(34)36)5-4-6-27(25)38-19-21-9-7-20(8-10-21)15-33-16-22-11-12-23(17-33)39-22/h4-10,22-23,26H,11-19H2,1-3H3,(H2,32,35). The number of nitrogens with zero attached hydrogens (tertiary/aromatic N) is 2. The van der Waals surface area contributed by atoms with Crippen LogP contribution in [0.25, 0.3) is 0 Å². The summed E-state index contributed by atoms with van der Waals surface area (Å²) in [4.78, 5) is 41.8. The molecule has 2 aromatic carbocycles. The Balaban J connectivity index is 1.23. The molecule has 2 fully saturated rings. The topological polar surface area (TPSA) is 111 Å². The van der Waals surface area contributed by atoms with Crippen molar-refractivity contribution in [1.82, 2.24) is 9.80 Å². The zero-order valence-electron chi connectivity index (χ0n) is 23.6. The number of nitrogens with two attached hydrogens (primary N) is 1. The van der Waals surface area contributed by atoms with Crippen LogP contribution in [0.3, 0.4) is 0 Å². The largest absolute Gasteiger partial charge is 0.489 e. The Morgan fingerprint density at radius 1 is 1.05 bits per heavy atom. The molecule has 3 aliphatic rings. The van der Waals surface area contributed by atoms with Gasteiger partial charge in [0.05, 0.1) is 18.8 Å². The normalized spacial score (nSPS) is 21.3. The number of likely N-dealkylation sites (tertiary alicyclic amines) is 1. The molecule has 2 saturated heterocycles. The third-order valence-corrected chi connectivity index (χ3v) is 7.61. The van der Waals surface area contributed by atoms with Crippen LogP contribution in [0.1, 0.15) is 73.5 Å². The number of amides is 2. The molecule has 2 aromatic rings. The second-order valence-corrected chi connectivity index (χ2v) is 12.0. The summed E-state index contributed by atoms with van der Waals surface area (Å²) >= 11 is 0. The Kier molecular flexibility index (Phi) is 8.14. The lowest BCUT2D eigenvalue weighted by Gasteiger charge is -2.32. The van der Waals surface area contributed by atoms with Crippen molar-refractivity contribution >= 4 is 17.8 Å². The van der Waals surface area contributed by atoms with Gasteiger partial charge in [0.2, 0.25) is 5.91 Å². The van der Waals surface area contributed by atoms with E-state index in [1.54, 1.807) is 32.9 Å². The molecule has 9 heteroatoms.